The van der Waals surface area contributed by atoms with Crippen molar-refractivity contribution in [3.8, 4) is 0 Å². The van der Waals surface area contributed by atoms with Crippen LogP contribution >= 0.6 is 0 Å². The summed E-state index contributed by atoms with van der Waals surface area (Å²) in [7, 11) is -1.36. The van der Waals surface area contributed by atoms with Crippen molar-refractivity contribution in [3.05, 3.63) is 0 Å². The lowest BCUT2D eigenvalue weighted by Gasteiger charge is -2.32. The molecule has 0 spiro atoms. The third-order valence-electron chi connectivity index (χ3n) is 4.89. The molecule has 0 N–H and O–H groups in total. The Labute approximate surface area is 144 Å². The smallest absolute Gasteiger partial charge is 0.399 e. The van der Waals surface area contributed by atoms with E-state index in [0.717, 1.165) is 16.6 Å². The normalized spacial score (nSPS) is 12.0. The molecule has 0 aliphatic heterocycles. The van der Waals surface area contributed by atoms with Crippen LogP contribution in [0.5, 0.6) is 0 Å². The van der Waals surface area contributed by atoms with Gasteiger partial charge in [0.15, 0.2) is 8.32 Å². The summed E-state index contributed by atoms with van der Waals surface area (Å²) in [6.07, 6.45) is 16.9. The second-order valence-electron chi connectivity index (χ2n) is 6.82. The molecule has 126 valence electrons. The van der Waals surface area contributed by atoms with Crippen molar-refractivity contribution in [1.82, 2.24) is 0 Å². The summed E-state index contributed by atoms with van der Waals surface area (Å²) in [5.74, 6) is 0. The minimum absolute atomic E-state index is 0.966. The first-order valence-electron chi connectivity index (χ1n) is 9.79. The fourth-order valence-electron chi connectivity index (χ4n) is 3.30. The van der Waals surface area contributed by atoms with E-state index in [9.17, 15) is 0 Å². The fraction of sp³-hybridized carbons (Fsp3) is 1.00. The van der Waals surface area contributed by atoms with E-state index in [4.69, 9.17) is 3.48 Å². The molecule has 0 aromatic carbocycles. The van der Waals surface area contributed by atoms with E-state index in [2.05, 4.69) is 20.8 Å². The van der Waals surface area contributed by atoms with Gasteiger partial charge in [-0.05, 0) is 18.1 Å². The molecule has 0 bridgehead atoms. The zero-order valence-corrected chi connectivity index (χ0v) is 18.5. The number of unbranched alkanes of at least 4 members (excludes halogenated alkanes) is 9. The predicted molar refractivity (Wildman–Crippen MR) is 102 cm³/mol. The molecule has 0 heterocycles. The molecule has 0 amide bonds. The van der Waals surface area contributed by atoms with Crippen LogP contribution in [0.4, 0.5) is 0 Å². The van der Waals surface area contributed by atoms with Crippen molar-refractivity contribution in [2.24, 2.45) is 0 Å². The Morgan fingerprint density at radius 3 is 1.14 bits per heavy atom. The lowest BCUT2D eigenvalue weighted by Crippen LogP contribution is -2.37. The van der Waals surface area contributed by atoms with Crippen molar-refractivity contribution in [2.45, 2.75) is 116 Å². The Hall–Kier alpha value is 0.709. The maximum absolute atomic E-state index is 6.36. The van der Waals surface area contributed by atoms with Crippen LogP contribution in [0.3, 0.4) is 0 Å². The Morgan fingerprint density at radius 2 is 0.905 bits per heavy atom. The Bertz CT molecular complexity index is 180. The van der Waals surface area contributed by atoms with Crippen LogP contribution in [0.1, 0.15) is 97.8 Å². The maximum atomic E-state index is 6.36. The molecule has 0 aromatic heterocycles. The summed E-state index contributed by atoms with van der Waals surface area (Å²) in [4.78, 5) is 0. The van der Waals surface area contributed by atoms with Crippen molar-refractivity contribution >= 4 is 24.9 Å². The Balaban J connectivity index is 4.22. The predicted octanol–water partition coefficient (Wildman–Crippen LogP) is 6.24. The second-order valence-corrected chi connectivity index (χ2v) is 12.3. The molecular weight excluding hydrogens is 287 g/mol. The van der Waals surface area contributed by atoms with Gasteiger partial charge in [-0.1, -0.05) is 97.8 Å². The van der Waals surface area contributed by atoms with Gasteiger partial charge in [0.1, 0.15) is 0 Å². The van der Waals surface area contributed by atoms with Crippen LogP contribution in [-0.2, 0) is 3.48 Å². The van der Waals surface area contributed by atoms with Crippen LogP contribution in [-0.4, -0.2) is 24.9 Å². The molecule has 0 fully saturated rings. The van der Waals surface area contributed by atoms with Gasteiger partial charge >= 0.3 is 16.6 Å². The van der Waals surface area contributed by atoms with Gasteiger partial charge in [0.2, 0.25) is 0 Å². The average molecular weight is 329 g/mol. The molecule has 0 radical (unpaired) electrons. The lowest BCUT2D eigenvalue weighted by atomic mass is 10.2. The van der Waals surface area contributed by atoms with Crippen LogP contribution in [0.15, 0.2) is 0 Å². The van der Waals surface area contributed by atoms with E-state index < -0.39 is 8.32 Å². The first kappa shape index (κ1) is 21.7. The number of hydrogen-bond acceptors (Lipinski definition) is 1. The van der Waals surface area contributed by atoms with Crippen molar-refractivity contribution in [3.63, 3.8) is 0 Å². The van der Waals surface area contributed by atoms with Gasteiger partial charge in [-0.15, -0.1) is 0 Å². The summed E-state index contributed by atoms with van der Waals surface area (Å²) >= 11 is 0.966. The standard InChI is InChI=1S/C18H39OSi.Al.2H/c1-4-7-10-13-16-20(19,17-14-11-8-5-2)18-15-12-9-6-3;;;/h4-18H2,1-3H3;;;/q-1;+1;;. The Morgan fingerprint density at radius 1 is 0.571 bits per heavy atom. The minimum atomic E-state index is -1.36. The highest BCUT2D eigenvalue weighted by atomic mass is 28.4. The molecular formula is C18H41AlOSi. The Kier molecular flexibility index (Phi) is 16.1. The first-order chi connectivity index (χ1) is 10.2. The van der Waals surface area contributed by atoms with Gasteiger partial charge in [0.25, 0.3) is 0 Å². The van der Waals surface area contributed by atoms with Crippen molar-refractivity contribution in [2.75, 3.05) is 0 Å². The molecule has 0 unspecified atom stereocenters. The molecule has 21 heavy (non-hydrogen) atoms. The first-order valence-corrected chi connectivity index (χ1v) is 13.1. The molecule has 0 atom stereocenters. The number of rotatable bonds is 16. The lowest BCUT2D eigenvalue weighted by molar-refractivity contribution is 0.540. The van der Waals surface area contributed by atoms with E-state index in [0.29, 0.717) is 0 Å². The molecule has 1 nitrogen and oxygen atoms in total. The van der Waals surface area contributed by atoms with Gasteiger partial charge in [-0.25, -0.2) is 0 Å². The molecule has 0 aliphatic rings. The molecule has 0 saturated carbocycles. The van der Waals surface area contributed by atoms with Crippen LogP contribution in [0.2, 0.25) is 18.1 Å². The summed E-state index contributed by atoms with van der Waals surface area (Å²) in [6, 6.07) is 4.36. The van der Waals surface area contributed by atoms with E-state index in [1.165, 1.54) is 95.2 Å². The van der Waals surface area contributed by atoms with Crippen LogP contribution in [0, 0.1) is 0 Å². The summed E-state index contributed by atoms with van der Waals surface area (Å²) in [6.45, 7) is 6.93. The van der Waals surface area contributed by atoms with Gasteiger partial charge in [-0.3, -0.25) is 0 Å². The summed E-state index contributed by atoms with van der Waals surface area (Å²) in [5.41, 5.74) is 0. The largest absolute Gasteiger partial charge is 0.550 e. The van der Waals surface area contributed by atoms with E-state index in [1.807, 2.05) is 0 Å². The zero-order valence-electron chi connectivity index (χ0n) is 15.5. The fourth-order valence-corrected chi connectivity index (χ4v) is 9.19. The number of hydrogen-bond donors (Lipinski definition) is 0. The average Bonchev–Trinajstić information content (AvgIpc) is 2.51. The summed E-state index contributed by atoms with van der Waals surface area (Å²) < 4.78 is 6.36. The van der Waals surface area contributed by atoms with Crippen LogP contribution < -0.4 is 0 Å². The van der Waals surface area contributed by atoms with E-state index >= 15 is 0 Å². The minimum Gasteiger partial charge on any atom is -0.550 e. The zero-order chi connectivity index (χ0) is 15.8. The topological polar surface area (TPSA) is 9.23 Å². The highest BCUT2D eigenvalue weighted by Crippen LogP contribution is 2.30. The molecule has 0 aliphatic carbocycles. The SMILES string of the molecule is CCCCCC[Si](CCCCCC)(CCCCCC)[O][AlH2]. The van der Waals surface area contributed by atoms with Gasteiger partial charge in [-0.2, -0.15) is 0 Å². The molecule has 0 saturated heterocycles. The highest BCUT2D eigenvalue weighted by molar-refractivity contribution is 6.76. The molecule has 0 rings (SSSR count). The van der Waals surface area contributed by atoms with Crippen molar-refractivity contribution < 1.29 is 3.48 Å². The third kappa shape index (κ3) is 11.9. The van der Waals surface area contributed by atoms with E-state index in [-0.39, 0.29) is 0 Å². The van der Waals surface area contributed by atoms with Crippen molar-refractivity contribution in [1.29, 1.82) is 0 Å². The third-order valence-corrected chi connectivity index (χ3v) is 12.1. The quantitative estimate of drug-likeness (QED) is 0.241. The van der Waals surface area contributed by atoms with Gasteiger partial charge in [0, 0.05) is 0 Å². The van der Waals surface area contributed by atoms with E-state index in [1.54, 1.807) is 0 Å². The van der Waals surface area contributed by atoms with Crippen LogP contribution in [0.25, 0.3) is 0 Å². The summed E-state index contributed by atoms with van der Waals surface area (Å²) in [5, 5.41) is 0. The highest BCUT2D eigenvalue weighted by Gasteiger charge is 2.30. The van der Waals surface area contributed by atoms with Gasteiger partial charge in [0.05, 0.1) is 0 Å². The van der Waals surface area contributed by atoms with Gasteiger partial charge < -0.3 is 3.48 Å². The molecule has 0 aromatic rings. The second kappa shape index (κ2) is 15.6. The maximum Gasteiger partial charge on any atom is 0.399 e. The molecule has 3 heteroatoms. The monoisotopic (exact) mass is 328 g/mol.